The van der Waals surface area contributed by atoms with E-state index in [0.29, 0.717) is 0 Å². The molecular weight excluding hydrogens is 485 g/mol. The van der Waals surface area contributed by atoms with Gasteiger partial charge in [0.25, 0.3) is 0 Å². The van der Waals surface area contributed by atoms with Crippen LogP contribution in [0.5, 0.6) is 0 Å². The molecule has 6 heteroatoms. The van der Waals surface area contributed by atoms with Crippen molar-refractivity contribution < 1.29 is 0 Å². The van der Waals surface area contributed by atoms with Crippen LogP contribution >= 0.6 is 24.0 Å². The van der Waals surface area contributed by atoms with Crippen molar-refractivity contribution in [3.8, 4) is 0 Å². The van der Waals surface area contributed by atoms with Crippen molar-refractivity contribution in [2.75, 3.05) is 57.8 Å². The average Bonchev–Trinajstić information content (AvgIpc) is 3.43. The van der Waals surface area contributed by atoms with Crippen molar-refractivity contribution in [3.63, 3.8) is 0 Å². The highest BCUT2D eigenvalue weighted by Crippen LogP contribution is 2.23. The third-order valence-corrected chi connectivity index (χ3v) is 7.05. The molecule has 0 aliphatic carbocycles. The summed E-state index contributed by atoms with van der Waals surface area (Å²) in [5.74, 6) is 2.73. The number of benzene rings is 1. The van der Waals surface area contributed by atoms with Crippen LogP contribution in [-0.4, -0.2) is 68.6 Å². The fraction of sp³-hybridized carbons (Fsp3) is 0.708. The van der Waals surface area contributed by atoms with Gasteiger partial charge in [-0.25, -0.2) is 0 Å². The number of guanidine groups is 1. The standard InChI is InChI=1S/C24H39N5.HI/c1-20-9-14-28(15-10-20)23-7-5-21(6-8-23)17-26-24(25-2)29-16-11-22(19-29)18-27-12-3-4-13-27;/h5-8,20,22H,3-4,9-19H2,1-2H3,(H,25,26);1H. The first-order valence-corrected chi connectivity index (χ1v) is 11.7. The zero-order chi connectivity index (χ0) is 20.1. The topological polar surface area (TPSA) is 34.1 Å². The summed E-state index contributed by atoms with van der Waals surface area (Å²) >= 11 is 0. The molecule has 168 valence electrons. The highest BCUT2D eigenvalue weighted by molar-refractivity contribution is 14.0. The summed E-state index contributed by atoms with van der Waals surface area (Å²) in [6.07, 6.45) is 6.69. The molecule has 30 heavy (non-hydrogen) atoms. The number of aliphatic imine (C=N–C) groups is 1. The van der Waals surface area contributed by atoms with E-state index in [4.69, 9.17) is 0 Å². The van der Waals surface area contributed by atoms with Gasteiger partial charge in [0.2, 0.25) is 0 Å². The van der Waals surface area contributed by atoms with Gasteiger partial charge in [0.1, 0.15) is 0 Å². The van der Waals surface area contributed by atoms with Gasteiger partial charge in [-0.15, -0.1) is 24.0 Å². The van der Waals surface area contributed by atoms with Crippen LogP contribution in [-0.2, 0) is 6.54 Å². The van der Waals surface area contributed by atoms with Crippen LogP contribution in [0.15, 0.2) is 29.3 Å². The third-order valence-electron chi connectivity index (χ3n) is 7.05. The SMILES string of the molecule is CN=C(NCc1ccc(N2CCC(C)CC2)cc1)N1CCC(CN2CCCC2)C1.I. The van der Waals surface area contributed by atoms with Crippen LogP contribution in [0.1, 0.15) is 44.6 Å². The van der Waals surface area contributed by atoms with Gasteiger partial charge >= 0.3 is 0 Å². The highest BCUT2D eigenvalue weighted by atomic mass is 127. The van der Waals surface area contributed by atoms with E-state index in [1.165, 1.54) is 76.1 Å². The molecule has 0 amide bonds. The number of hydrogen-bond donors (Lipinski definition) is 1. The maximum absolute atomic E-state index is 4.56. The van der Waals surface area contributed by atoms with Gasteiger partial charge in [0, 0.05) is 52.0 Å². The van der Waals surface area contributed by atoms with Crippen LogP contribution in [0, 0.1) is 11.8 Å². The lowest BCUT2D eigenvalue weighted by molar-refractivity contribution is 0.281. The van der Waals surface area contributed by atoms with Crippen molar-refractivity contribution in [3.05, 3.63) is 29.8 Å². The van der Waals surface area contributed by atoms with E-state index in [9.17, 15) is 0 Å². The van der Waals surface area contributed by atoms with Gasteiger partial charge in [-0.2, -0.15) is 0 Å². The number of piperidine rings is 1. The minimum atomic E-state index is 0. The second-order valence-corrected chi connectivity index (χ2v) is 9.35. The zero-order valence-electron chi connectivity index (χ0n) is 18.9. The van der Waals surface area contributed by atoms with Crippen molar-refractivity contribution in [2.24, 2.45) is 16.8 Å². The number of rotatable bonds is 5. The summed E-state index contributed by atoms with van der Waals surface area (Å²) in [6.45, 7) is 11.7. The summed E-state index contributed by atoms with van der Waals surface area (Å²) in [6, 6.07) is 9.12. The molecule has 3 heterocycles. The molecule has 0 spiro atoms. The molecule has 4 rings (SSSR count). The quantitative estimate of drug-likeness (QED) is 0.358. The van der Waals surface area contributed by atoms with E-state index in [1.54, 1.807) is 0 Å². The molecule has 3 aliphatic rings. The second kappa shape index (κ2) is 11.6. The van der Waals surface area contributed by atoms with Gasteiger partial charge in [0.05, 0.1) is 0 Å². The largest absolute Gasteiger partial charge is 0.372 e. The van der Waals surface area contributed by atoms with Crippen LogP contribution in [0.3, 0.4) is 0 Å². The Morgan fingerprint density at radius 1 is 1.00 bits per heavy atom. The van der Waals surface area contributed by atoms with E-state index in [1.807, 2.05) is 7.05 Å². The van der Waals surface area contributed by atoms with E-state index < -0.39 is 0 Å². The number of hydrogen-bond acceptors (Lipinski definition) is 3. The first-order valence-electron chi connectivity index (χ1n) is 11.7. The van der Waals surface area contributed by atoms with Crippen LogP contribution in [0.2, 0.25) is 0 Å². The normalized spacial score (nSPS) is 23.7. The summed E-state index contributed by atoms with van der Waals surface area (Å²) in [5, 5.41) is 3.60. The number of likely N-dealkylation sites (tertiary alicyclic amines) is 2. The van der Waals surface area contributed by atoms with E-state index in [-0.39, 0.29) is 24.0 Å². The Kier molecular flexibility index (Phi) is 9.11. The predicted octanol–water partition coefficient (Wildman–Crippen LogP) is 4.03. The predicted molar refractivity (Wildman–Crippen MR) is 138 cm³/mol. The summed E-state index contributed by atoms with van der Waals surface area (Å²) < 4.78 is 0. The van der Waals surface area contributed by atoms with Crippen molar-refractivity contribution in [2.45, 2.75) is 45.6 Å². The van der Waals surface area contributed by atoms with E-state index in [0.717, 1.165) is 37.4 Å². The van der Waals surface area contributed by atoms with Crippen LogP contribution < -0.4 is 10.2 Å². The minimum absolute atomic E-state index is 0. The number of nitrogens with zero attached hydrogens (tertiary/aromatic N) is 4. The van der Waals surface area contributed by atoms with Gasteiger partial charge in [0.15, 0.2) is 5.96 Å². The molecule has 3 aliphatic heterocycles. The number of anilines is 1. The smallest absolute Gasteiger partial charge is 0.193 e. The molecule has 1 N–H and O–H groups in total. The lowest BCUT2D eigenvalue weighted by atomic mass is 9.99. The van der Waals surface area contributed by atoms with E-state index >= 15 is 0 Å². The molecular formula is C24H40IN5. The van der Waals surface area contributed by atoms with Crippen molar-refractivity contribution in [1.82, 2.24) is 15.1 Å². The molecule has 5 nitrogen and oxygen atoms in total. The Morgan fingerprint density at radius 2 is 1.70 bits per heavy atom. The first kappa shape index (κ1) is 23.6. The number of nitrogens with one attached hydrogen (secondary N) is 1. The fourth-order valence-corrected chi connectivity index (χ4v) is 5.11. The summed E-state index contributed by atoms with van der Waals surface area (Å²) in [7, 11) is 1.91. The van der Waals surface area contributed by atoms with Crippen LogP contribution in [0.25, 0.3) is 0 Å². The molecule has 0 radical (unpaired) electrons. The second-order valence-electron chi connectivity index (χ2n) is 9.35. The Balaban J connectivity index is 0.00000256. The molecule has 1 aromatic carbocycles. The summed E-state index contributed by atoms with van der Waals surface area (Å²) in [5.41, 5.74) is 2.70. The Bertz CT molecular complexity index is 663. The monoisotopic (exact) mass is 525 g/mol. The first-order chi connectivity index (χ1) is 14.2. The van der Waals surface area contributed by atoms with Gasteiger partial charge in [-0.05, 0) is 74.7 Å². The van der Waals surface area contributed by atoms with Gasteiger partial charge < -0.3 is 20.0 Å². The Labute approximate surface area is 200 Å². The average molecular weight is 526 g/mol. The highest BCUT2D eigenvalue weighted by Gasteiger charge is 2.27. The maximum Gasteiger partial charge on any atom is 0.193 e. The lowest BCUT2D eigenvalue weighted by Gasteiger charge is -2.32. The minimum Gasteiger partial charge on any atom is -0.372 e. The molecule has 0 saturated carbocycles. The molecule has 3 saturated heterocycles. The van der Waals surface area contributed by atoms with Gasteiger partial charge in [-0.3, -0.25) is 4.99 Å². The molecule has 0 aromatic heterocycles. The molecule has 1 aromatic rings. The molecule has 3 fully saturated rings. The Hall–Kier alpha value is -1.02. The third kappa shape index (κ3) is 6.25. The Morgan fingerprint density at radius 3 is 2.37 bits per heavy atom. The molecule has 1 atom stereocenters. The van der Waals surface area contributed by atoms with E-state index in [2.05, 4.69) is 56.2 Å². The molecule has 0 bridgehead atoms. The van der Waals surface area contributed by atoms with Gasteiger partial charge in [-0.1, -0.05) is 19.1 Å². The fourth-order valence-electron chi connectivity index (χ4n) is 5.11. The lowest BCUT2D eigenvalue weighted by Crippen LogP contribution is -2.40. The van der Waals surface area contributed by atoms with Crippen LogP contribution in [0.4, 0.5) is 5.69 Å². The van der Waals surface area contributed by atoms with Crippen molar-refractivity contribution >= 4 is 35.6 Å². The number of halogens is 1. The zero-order valence-corrected chi connectivity index (χ0v) is 21.2. The molecule has 1 unspecified atom stereocenters. The van der Waals surface area contributed by atoms with Crippen molar-refractivity contribution in [1.29, 1.82) is 0 Å². The summed E-state index contributed by atoms with van der Waals surface area (Å²) in [4.78, 5) is 12.2. The maximum atomic E-state index is 4.56.